The maximum atomic E-state index is 12.3. The van der Waals surface area contributed by atoms with Gasteiger partial charge < -0.3 is 21.1 Å². The van der Waals surface area contributed by atoms with Crippen molar-refractivity contribution in [2.45, 2.75) is 46.0 Å². The van der Waals surface area contributed by atoms with Gasteiger partial charge in [-0.2, -0.15) is 4.57 Å². The number of nitrogens with zero attached hydrogens (tertiary/aromatic N) is 1. The highest BCUT2D eigenvalue weighted by molar-refractivity contribution is 5.97. The molecule has 8 heteroatoms. The number of rotatable bonds is 9. The summed E-state index contributed by atoms with van der Waals surface area (Å²) in [5.41, 5.74) is 6.82. The highest BCUT2D eigenvalue weighted by Gasteiger charge is 2.22. The second kappa shape index (κ2) is 10.9. The van der Waals surface area contributed by atoms with E-state index in [1.807, 2.05) is 37.3 Å². The van der Waals surface area contributed by atoms with Crippen molar-refractivity contribution in [3.63, 3.8) is 0 Å². The summed E-state index contributed by atoms with van der Waals surface area (Å²) in [6.07, 6.45) is 3.42. The zero-order chi connectivity index (χ0) is 22.1. The number of pyridine rings is 1. The highest BCUT2D eigenvalue weighted by Crippen LogP contribution is 2.04. The van der Waals surface area contributed by atoms with Crippen LogP contribution in [0.4, 0.5) is 4.79 Å². The molecule has 0 bridgehead atoms. The molecule has 1 aromatic heterocycles. The molecule has 30 heavy (non-hydrogen) atoms. The number of hydrogen-bond acceptors (Lipinski definition) is 4. The third-order valence-electron chi connectivity index (χ3n) is 4.51. The van der Waals surface area contributed by atoms with Gasteiger partial charge in [-0.05, 0) is 24.8 Å². The molecule has 160 valence electrons. The zero-order valence-electron chi connectivity index (χ0n) is 17.5. The fourth-order valence-corrected chi connectivity index (χ4v) is 2.88. The van der Waals surface area contributed by atoms with E-state index in [1.165, 1.54) is 0 Å². The largest absolute Gasteiger partial charge is 0.412 e. The van der Waals surface area contributed by atoms with Crippen molar-refractivity contribution in [2.75, 3.05) is 0 Å². The third-order valence-corrected chi connectivity index (χ3v) is 4.51. The van der Waals surface area contributed by atoms with Gasteiger partial charge in [0.25, 0.3) is 12.6 Å². The number of aromatic nitrogens is 1. The zero-order valence-corrected chi connectivity index (χ0v) is 17.5. The number of benzene rings is 1. The molecule has 4 N–H and O–H groups in total. The van der Waals surface area contributed by atoms with Crippen molar-refractivity contribution in [1.29, 1.82) is 0 Å². The molecule has 3 amide bonds. The Morgan fingerprint density at radius 3 is 2.20 bits per heavy atom. The molecule has 0 fully saturated rings. The van der Waals surface area contributed by atoms with Crippen molar-refractivity contribution in [2.24, 2.45) is 11.7 Å². The summed E-state index contributed by atoms with van der Waals surface area (Å²) in [6.45, 7) is 5.52. The first kappa shape index (κ1) is 22.9. The van der Waals surface area contributed by atoms with Crippen LogP contribution in [0.3, 0.4) is 0 Å². The number of ether oxygens (including phenoxy) is 1. The van der Waals surface area contributed by atoms with Crippen LogP contribution in [0, 0.1) is 5.92 Å². The Balaban J connectivity index is 1.81. The lowest BCUT2D eigenvalue weighted by Crippen LogP contribution is -2.47. The molecule has 0 aliphatic rings. The molecule has 2 atom stereocenters. The Hall–Kier alpha value is -3.42. The summed E-state index contributed by atoms with van der Waals surface area (Å²) in [6, 6.07) is 12.2. The van der Waals surface area contributed by atoms with E-state index in [0.717, 1.165) is 5.56 Å². The van der Waals surface area contributed by atoms with Crippen molar-refractivity contribution >= 4 is 17.9 Å². The smallest absolute Gasteiger partial charge is 0.388 e. The van der Waals surface area contributed by atoms with E-state index in [-0.39, 0.29) is 18.7 Å². The molecule has 1 heterocycles. The number of carbonyl (C=O) groups excluding carboxylic acids is 3. The fourth-order valence-electron chi connectivity index (χ4n) is 2.88. The molecule has 2 rings (SSSR count). The number of amides is 3. The van der Waals surface area contributed by atoms with Gasteiger partial charge in [-0.25, -0.2) is 4.79 Å². The van der Waals surface area contributed by atoms with Crippen LogP contribution in [0.5, 0.6) is 0 Å². The Labute approximate surface area is 176 Å². The molecular formula is C22H29N4O4+. The SMILES string of the molecule is CC(C)[C@H](NC(=O)c1cc[n+](COC(=O)N[C@@H](C)Cc2ccccc2)cc1)C(N)=O. The average Bonchev–Trinajstić information content (AvgIpc) is 2.70. The Morgan fingerprint density at radius 2 is 1.63 bits per heavy atom. The van der Waals surface area contributed by atoms with Gasteiger partial charge in [-0.1, -0.05) is 44.2 Å². The Bertz CT molecular complexity index is 853. The number of nitrogens with two attached hydrogens (primary N) is 1. The van der Waals surface area contributed by atoms with Crippen LogP contribution in [0.2, 0.25) is 0 Å². The van der Waals surface area contributed by atoms with E-state index >= 15 is 0 Å². The van der Waals surface area contributed by atoms with Gasteiger partial charge >= 0.3 is 6.09 Å². The fraction of sp³-hybridized carbons (Fsp3) is 0.364. The predicted octanol–water partition coefficient (Wildman–Crippen LogP) is 1.53. The molecular weight excluding hydrogens is 384 g/mol. The lowest BCUT2D eigenvalue weighted by Gasteiger charge is -2.18. The molecule has 8 nitrogen and oxygen atoms in total. The summed E-state index contributed by atoms with van der Waals surface area (Å²) in [7, 11) is 0. The predicted molar refractivity (Wildman–Crippen MR) is 111 cm³/mol. The molecule has 0 saturated heterocycles. The number of alkyl carbamates (subject to hydrolysis) is 1. The van der Waals surface area contributed by atoms with Crippen LogP contribution in [0.25, 0.3) is 0 Å². The second-order valence-corrected chi connectivity index (χ2v) is 7.49. The quantitative estimate of drug-likeness (QED) is 0.541. The summed E-state index contributed by atoms with van der Waals surface area (Å²) in [5.74, 6) is -1.09. The van der Waals surface area contributed by atoms with Gasteiger partial charge in [0.2, 0.25) is 5.91 Å². The van der Waals surface area contributed by atoms with Crippen LogP contribution in [0.15, 0.2) is 54.9 Å². The molecule has 0 saturated carbocycles. The maximum absolute atomic E-state index is 12.3. The van der Waals surface area contributed by atoms with E-state index in [1.54, 1.807) is 42.9 Å². The van der Waals surface area contributed by atoms with Crippen molar-refractivity contribution < 1.29 is 23.7 Å². The maximum Gasteiger partial charge on any atom is 0.412 e. The van der Waals surface area contributed by atoms with Crippen LogP contribution in [0.1, 0.15) is 36.7 Å². The lowest BCUT2D eigenvalue weighted by atomic mass is 10.0. The van der Waals surface area contributed by atoms with Gasteiger partial charge in [0.1, 0.15) is 6.04 Å². The van der Waals surface area contributed by atoms with Gasteiger partial charge in [0.05, 0.1) is 5.56 Å². The second-order valence-electron chi connectivity index (χ2n) is 7.49. The third kappa shape index (κ3) is 7.20. The molecule has 1 aromatic carbocycles. The molecule has 2 aromatic rings. The number of hydrogen-bond donors (Lipinski definition) is 3. The van der Waals surface area contributed by atoms with Gasteiger partial charge in [-0.15, -0.1) is 0 Å². The van der Waals surface area contributed by atoms with Gasteiger partial charge in [-0.3, -0.25) is 9.59 Å². The molecule has 0 unspecified atom stereocenters. The van der Waals surface area contributed by atoms with Crippen LogP contribution >= 0.6 is 0 Å². The first-order valence-corrected chi connectivity index (χ1v) is 9.82. The van der Waals surface area contributed by atoms with E-state index in [0.29, 0.717) is 12.0 Å². The minimum Gasteiger partial charge on any atom is -0.388 e. The standard InChI is InChI=1S/C22H28N4O4/c1-15(2)19(20(23)27)25-21(28)18-9-11-26(12-10-18)14-30-22(29)24-16(3)13-17-7-5-4-6-8-17/h4-12,15-16,19H,13-14H2,1-3H3,(H3-,23,24,25,27,28,29)/p+1/t16-,19-/m0/s1. The monoisotopic (exact) mass is 413 g/mol. The van der Waals surface area contributed by atoms with E-state index < -0.39 is 23.9 Å². The van der Waals surface area contributed by atoms with E-state index in [4.69, 9.17) is 10.5 Å². The Kier molecular flexibility index (Phi) is 8.34. The van der Waals surface area contributed by atoms with Crippen molar-refractivity contribution in [1.82, 2.24) is 10.6 Å². The molecule has 0 aliphatic heterocycles. The summed E-state index contributed by atoms with van der Waals surface area (Å²) < 4.78 is 6.83. The summed E-state index contributed by atoms with van der Waals surface area (Å²) in [4.78, 5) is 35.7. The van der Waals surface area contributed by atoms with Crippen LogP contribution in [-0.4, -0.2) is 30.0 Å². The minimum absolute atomic E-state index is 0.00168. The van der Waals surface area contributed by atoms with Crippen LogP contribution < -0.4 is 20.9 Å². The van der Waals surface area contributed by atoms with Gasteiger partial charge in [0, 0.05) is 18.2 Å². The first-order valence-electron chi connectivity index (χ1n) is 9.82. The number of primary amides is 1. The Morgan fingerprint density at radius 1 is 1.00 bits per heavy atom. The van der Waals surface area contributed by atoms with Crippen molar-refractivity contribution in [3.05, 3.63) is 66.0 Å². The highest BCUT2D eigenvalue weighted by atomic mass is 16.6. The molecule has 0 spiro atoms. The lowest BCUT2D eigenvalue weighted by molar-refractivity contribution is -0.727. The normalized spacial score (nSPS) is 12.7. The van der Waals surface area contributed by atoms with E-state index in [2.05, 4.69) is 10.6 Å². The number of nitrogens with one attached hydrogen (secondary N) is 2. The summed E-state index contributed by atoms with van der Waals surface area (Å²) >= 11 is 0. The van der Waals surface area contributed by atoms with Crippen LogP contribution in [-0.2, 0) is 22.7 Å². The summed E-state index contributed by atoms with van der Waals surface area (Å²) in [5, 5.41) is 5.41. The molecule has 0 aliphatic carbocycles. The first-order chi connectivity index (χ1) is 14.3. The van der Waals surface area contributed by atoms with Crippen molar-refractivity contribution in [3.8, 4) is 0 Å². The minimum atomic E-state index is -0.741. The number of carbonyl (C=O) groups is 3. The average molecular weight is 413 g/mol. The van der Waals surface area contributed by atoms with Gasteiger partial charge in [0.15, 0.2) is 12.4 Å². The topological polar surface area (TPSA) is 114 Å². The van der Waals surface area contributed by atoms with E-state index in [9.17, 15) is 14.4 Å². The molecule has 0 radical (unpaired) electrons.